The minimum atomic E-state index is -1.25. The van der Waals surface area contributed by atoms with Crippen molar-refractivity contribution in [3.8, 4) is 11.1 Å². The van der Waals surface area contributed by atoms with Gasteiger partial charge in [-0.15, -0.1) is 0 Å². The van der Waals surface area contributed by atoms with E-state index in [0.717, 1.165) is 6.07 Å². The Morgan fingerprint density at radius 2 is 1.35 bits per heavy atom. The molecule has 0 unspecified atom stereocenters. The average Bonchev–Trinajstić information content (AvgIpc) is 2.27. The minimum Gasteiger partial charge on any atom is -0.206 e. The third-order valence-electron chi connectivity index (χ3n) is 2.23. The van der Waals surface area contributed by atoms with E-state index in [1.165, 1.54) is 18.2 Å². The van der Waals surface area contributed by atoms with Crippen LogP contribution in [0.15, 0.2) is 30.3 Å². The summed E-state index contributed by atoms with van der Waals surface area (Å²) in [6, 6.07) is 5.59. The van der Waals surface area contributed by atoms with Gasteiger partial charge >= 0.3 is 0 Å². The highest BCUT2D eigenvalue weighted by Crippen LogP contribution is 2.33. The molecule has 0 atom stereocenters. The van der Waals surface area contributed by atoms with Crippen LogP contribution in [0.1, 0.15) is 0 Å². The van der Waals surface area contributed by atoms with E-state index < -0.39 is 17.5 Å². The molecule has 0 saturated heterocycles. The Hall–Kier alpha value is -1.19. The van der Waals surface area contributed by atoms with E-state index >= 15 is 0 Å². The normalized spacial score (nSPS) is 10.6. The Labute approximate surface area is 106 Å². The van der Waals surface area contributed by atoms with Crippen molar-refractivity contribution in [2.75, 3.05) is 0 Å². The molecule has 2 aromatic rings. The topological polar surface area (TPSA) is 0 Å². The molecule has 0 aliphatic rings. The largest absolute Gasteiger partial charge is 0.206 e. The van der Waals surface area contributed by atoms with Crippen LogP contribution in [0.2, 0.25) is 10.0 Å². The van der Waals surface area contributed by atoms with Gasteiger partial charge < -0.3 is 0 Å². The highest BCUT2D eigenvalue weighted by Gasteiger charge is 2.14. The highest BCUT2D eigenvalue weighted by atomic mass is 35.5. The van der Waals surface area contributed by atoms with Crippen molar-refractivity contribution in [3.63, 3.8) is 0 Å². The number of hydrogen-bond donors (Lipinski definition) is 0. The van der Waals surface area contributed by atoms with E-state index in [0.29, 0.717) is 11.1 Å². The van der Waals surface area contributed by atoms with E-state index in [1.807, 2.05) is 0 Å². The summed E-state index contributed by atoms with van der Waals surface area (Å²) in [5, 5.41) is 0.535. The fraction of sp³-hybridized carbons (Fsp3) is 0. The Morgan fingerprint density at radius 1 is 0.706 bits per heavy atom. The second-order valence-electron chi connectivity index (χ2n) is 3.37. The third kappa shape index (κ3) is 2.40. The first-order chi connectivity index (χ1) is 7.99. The molecular formula is C12H5Cl2F3. The second kappa shape index (κ2) is 4.59. The van der Waals surface area contributed by atoms with Crippen LogP contribution in [0.3, 0.4) is 0 Å². The molecule has 0 aromatic heterocycles. The Morgan fingerprint density at radius 3 is 2.06 bits per heavy atom. The summed E-state index contributed by atoms with van der Waals surface area (Å²) in [5.41, 5.74) is 0.0898. The number of benzene rings is 2. The average molecular weight is 277 g/mol. The number of halogens is 5. The maximum atomic E-state index is 13.5. The van der Waals surface area contributed by atoms with Crippen LogP contribution in [0.25, 0.3) is 11.1 Å². The summed E-state index contributed by atoms with van der Waals surface area (Å²) in [7, 11) is 0. The molecule has 0 radical (unpaired) electrons. The number of hydrogen-bond acceptors (Lipinski definition) is 0. The summed E-state index contributed by atoms with van der Waals surface area (Å²) in [5.74, 6) is -3.28. The molecule has 0 aliphatic carbocycles. The molecule has 0 nitrogen and oxygen atoms in total. The summed E-state index contributed by atoms with van der Waals surface area (Å²) >= 11 is 11.6. The van der Waals surface area contributed by atoms with Crippen LogP contribution >= 0.6 is 23.2 Å². The zero-order valence-electron chi connectivity index (χ0n) is 8.28. The lowest BCUT2D eigenvalue weighted by atomic mass is 10.0. The zero-order valence-corrected chi connectivity index (χ0v) is 9.79. The molecule has 0 spiro atoms. The van der Waals surface area contributed by atoms with Crippen molar-refractivity contribution in [1.29, 1.82) is 0 Å². The van der Waals surface area contributed by atoms with Gasteiger partial charge in [-0.25, -0.2) is 13.2 Å². The van der Waals surface area contributed by atoms with Crippen LogP contribution in [-0.4, -0.2) is 0 Å². The van der Waals surface area contributed by atoms with Crippen LogP contribution in [0, 0.1) is 17.5 Å². The van der Waals surface area contributed by atoms with Crippen LogP contribution in [0.5, 0.6) is 0 Å². The van der Waals surface area contributed by atoms with E-state index in [9.17, 15) is 13.2 Å². The van der Waals surface area contributed by atoms with Crippen molar-refractivity contribution >= 4 is 23.2 Å². The fourth-order valence-electron chi connectivity index (χ4n) is 1.43. The molecule has 5 heteroatoms. The molecule has 88 valence electrons. The molecule has 0 fully saturated rings. The first kappa shape index (κ1) is 12.3. The molecule has 17 heavy (non-hydrogen) atoms. The summed E-state index contributed by atoms with van der Waals surface area (Å²) in [6.45, 7) is 0. The molecule has 0 heterocycles. The van der Waals surface area contributed by atoms with Crippen molar-refractivity contribution in [2.45, 2.75) is 0 Å². The monoisotopic (exact) mass is 276 g/mol. The lowest BCUT2D eigenvalue weighted by molar-refractivity contribution is 0.496. The lowest BCUT2D eigenvalue weighted by Gasteiger charge is -2.07. The van der Waals surface area contributed by atoms with Crippen molar-refractivity contribution < 1.29 is 13.2 Å². The third-order valence-corrected chi connectivity index (χ3v) is 2.79. The first-order valence-corrected chi connectivity index (χ1v) is 5.34. The van der Waals surface area contributed by atoms with E-state index in [2.05, 4.69) is 0 Å². The fourth-order valence-corrected chi connectivity index (χ4v) is 1.82. The number of rotatable bonds is 1. The molecule has 0 amide bonds. The van der Waals surface area contributed by atoms with Gasteiger partial charge in [-0.3, -0.25) is 0 Å². The van der Waals surface area contributed by atoms with Gasteiger partial charge in [-0.2, -0.15) is 0 Å². The predicted octanol–water partition coefficient (Wildman–Crippen LogP) is 5.08. The van der Waals surface area contributed by atoms with Gasteiger partial charge in [0.25, 0.3) is 0 Å². The Bertz CT molecular complexity index is 582. The van der Waals surface area contributed by atoms with Gasteiger partial charge in [-0.1, -0.05) is 23.2 Å². The Kier molecular flexibility index (Phi) is 3.31. The van der Waals surface area contributed by atoms with Gasteiger partial charge in [-0.05, 0) is 24.3 Å². The molecule has 0 aliphatic heterocycles. The molecule has 0 N–H and O–H groups in total. The van der Waals surface area contributed by atoms with Crippen molar-refractivity contribution in [3.05, 3.63) is 57.8 Å². The molecule has 0 bridgehead atoms. The van der Waals surface area contributed by atoms with Crippen molar-refractivity contribution in [1.82, 2.24) is 0 Å². The van der Waals surface area contributed by atoms with Crippen LogP contribution in [0.4, 0.5) is 13.2 Å². The van der Waals surface area contributed by atoms with E-state index in [-0.39, 0.29) is 16.1 Å². The van der Waals surface area contributed by atoms with E-state index in [1.54, 1.807) is 0 Å². The van der Waals surface area contributed by atoms with E-state index in [4.69, 9.17) is 23.2 Å². The standard InChI is InChI=1S/C12H5Cl2F3/c13-6-1-2-9(14)7(3-6)8-4-11(16)12(17)5-10(8)15/h1-5H. The van der Waals surface area contributed by atoms with Crippen molar-refractivity contribution in [2.24, 2.45) is 0 Å². The van der Waals surface area contributed by atoms with Gasteiger partial charge in [0.15, 0.2) is 11.6 Å². The molecule has 2 rings (SSSR count). The summed E-state index contributed by atoms with van der Waals surface area (Å²) in [6.07, 6.45) is 0. The quantitative estimate of drug-likeness (QED) is 0.638. The Balaban J connectivity index is 2.68. The summed E-state index contributed by atoms with van der Waals surface area (Å²) in [4.78, 5) is 0. The van der Waals surface area contributed by atoms with Gasteiger partial charge in [0.2, 0.25) is 0 Å². The minimum absolute atomic E-state index is 0.128. The second-order valence-corrected chi connectivity index (χ2v) is 4.21. The van der Waals surface area contributed by atoms with Gasteiger partial charge in [0, 0.05) is 27.2 Å². The predicted molar refractivity (Wildman–Crippen MR) is 61.8 cm³/mol. The molecule has 2 aromatic carbocycles. The SMILES string of the molecule is Fc1cc(F)c(-c2cc(Cl)ccc2Cl)cc1F. The smallest absolute Gasteiger partial charge is 0.161 e. The maximum Gasteiger partial charge on any atom is 0.161 e. The maximum absolute atomic E-state index is 13.5. The molecule has 0 saturated carbocycles. The van der Waals surface area contributed by atoms with Gasteiger partial charge in [0.05, 0.1) is 0 Å². The summed E-state index contributed by atoms with van der Waals surface area (Å²) < 4.78 is 39.4. The van der Waals surface area contributed by atoms with Gasteiger partial charge in [0.1, 0.15) is 5.82 Å². The highest BCUT2D eigenvalue weighted by molar-refractivity contribution is 6.35. The molecular weight excluding hydrogens is 272 g/mol. The zero-order chi connectivity index (χ0) is 12.6. The lowest BCUT2D eigenvalue weighted by Crippen LogP contribution is -1.92. The first-order valence-electron chi connectivity index (χ1n) is 4.59. The van der Waals surface area contributed by atoms with Crippen LogP contribution in [-0.2, 0) is 0 Å². The van der Waals surface area contributed by atoms with Crippen LogP contribution < -0.4 is 0 Å².